The van der Waals surface area contributed by atoms with Gasteiger partial charge in [-0.2, -0.15) is 0 Å². The molecule has 1 N–H and O–H groups in total. The van der Waals surface area contributed by atoms with Crippen LogP contribution < -0.4 is 5.32 Å². The van der Waals surface area contributed by atoms with Crippen molar-refractivity contribution in [1.82, 2.24) is 10.2 Å². The lowest BCUT2D eigenvalue weighted by molar-refractivity contribution is 0.108. The van der Waals surface area contributed by atoms with E-state index in [1.807, 2.05) is 0 Å². The summed E-state index contributed by atoms with van der Waals surface area (Å²) in [7, 11) is 0. The molecular formula is C14H28N2O. The summed E-state index contributed by atoms with van der Waals surface area (Å²) >= 11 is 0. The maximum Gasteiger partial charge on any atom is 0.0623 e. The highest BCUT2D eigenvalue weighted by atomic mass is 16.5. The standard InChI is InChI=1S/C14H28N2O/c1-4-15-13-11-17-10-12(13)9-16-7-5-14(2,3)6-8-16/h12-13,15H,4-11H2,1-3H3. The van der Waals surface area contributed by atoms with Gasteiger partial charge in [-0.15, -0.1) is 0 Å². The number of likely N-dealkylation sites (N-methyl/N-ethyl adjacent to an activating group) is 1. The molecule has 2 heterocycles. The van der Waals surface area contributed by atoms with Crippen LogP contribution in [0.3, 0.4) is 0 Å². The lowest BCUT2D eigenvalue weighted by Crippen LogP contribution is -2.45. The molecule has 0 aliphatic carbocycles. The fraction of sp³-hybridized carbons (Fsp3) is 1.00. The van der Waals surface area contributed by atoms with Gasteiger partial charge in [0.1, 0.15) is 0 Å². The largest absolute Gasteiger partial charge is 0.379 e. The third kappa shape index (κ3) is 3.67. The van der Waals surface area contributed by atoms with Gasteiger partial charge in [0, 0.05) is 18.5 Å². The lowest BCUT2D eigenvalue weighted by atomic mass is 9.82. The Kier molecular flexibility index (Phi) is 4.45. The summed E-state index contributed by atoms with van der Waals surface area (Å²) in [6.45, 7) is 13.6. The Morgan fingerprint density at radius 3 is 2.59 bits per heavy atom. The molecule has 2 aliphatic rings. The Balaban J connectivity index is 1.77. The van der Waals surface area contributed by atoms with E-state index in [2.05, 4.69) is 31.0 Å². The van der Waals surface area contributed by atoms with Crippen LogP contribution in [0.4, 0.5) is 0 Å². The maximum atomic E-state index is 5.62. The third-order valence-electron chi connectivity index (χ3n) is 4.37. The fourth-order valence-corrected chi connectivity index (χ4v) is 2.94. The molecule has 3 heteroatoms. The first-order valence-corrected chi connectivity index (χ1v) is 7.14. The average Bonchev–Trinajstić information content (AvgIpc) is 2.70. The van der Waals surface area contributed by atoms with E-state index in [4.69, 9.17) is 4.74 Å². The molecule has 0 bridgehead atoms. The number of likely N-dealkylation sites (tertiary alicyclic amines) is 1. The van der Waals surface area contributed by atoms with Crippen LogP contribution in [-0.2, 0) is 4.74 Å². The number of hydrogen-bond donors (Lipinski definition) is 1. The van der Waals surface area contributed by atoms with Gasteiger partial charge < -0.3 is 15.0 Å². The highest BCUT2D eigenvalue weighted by molar-refractivity contribution is 4.86. The van der Waals surface area contributed by atoms with Gasteiger partial charge in [-0.25, -0.2) is 0 Å². The van der Waals surface area contributed by atoms with Crippen LogP contribution in [0.1, 0.15) is 33.6 Å². The molecule has 2 unspecified atom stereocenters. The first kappa shape index (κ1) is 13.3. The van der Waals surface area contributed by atoms with Gasteiger partial charge in [0.25, 0.3) is 0 Å². The summed E-state index contributed by atoms with van der Waals surface area (Å²) in [6, 6.07) is 0.579. The molecule has 2 aliphatic heterocycles. The summed E-state index contributed by atoms with van der Waals surface area (Å²) in [5, 5.41) is 3.55. The zero-order chi connectivity index (χ0) is 12.3. The van der Waals surface area contributed by atoms with Crippen molar-refractivity contribution in [3.63, 3.8) is 0 Å². The average molecular weight is 240 g/mol. The number of piperidine rings is 1. The van der Waals surface area contributed by atoms with Gasteiger partial charge in [0.05, 0.1) is 13.2 Å². The Hall–Kier alpha value is -0.120. The van der Waals surface area contributed by atoms with Crippen molar-refractivity contribution in [1.29, 1.82) is 0 Å². The molecule has 0 aromatic rings. The minimum atomic E-state index is 0.559. The summed E-state index contributed by atoms with van der Waals surface area (Å²) in [4.78, 5) is 2.63. The Morgan fingerprint density at radius 2 is 1.94 bits per heavy atom. The molecule has 0 spiro atoms. The molecule has 3 nitrogen and oxygen atoms in total. The molecule has 0 aromatic heterocycles. The van der Waals surface area contributed by atoms with E-state index in [0.717, 1.165) is 19.8 Å². The normalized spacial score (nSPS) is 34.1. The molecule has 2 fully saturated rings. The van der Waals surface area contributed by atoms with Gasteiger partial charge in [0.15, 0.2) is 0 Å². The van der Waals surface area contributed by atoms with Crippen LogP contribution >= 0.6 is 0 Å². The predicted molar refractivity (Wildman–Crippen MR) is 71.2 cm³/mol. The summed E-state index contributed by atoms with van der Waals surface area (Å²) in [6.07, 6.45) is 2.68. The van der Waals surface area contributed by atoms with Crippen LogP contribution in [0.25, 0.3) is 0 Å². The lowest BCUT2D eigenvalue weighted by Gasteiger charge is -2.38. The van der Waals surface area contributed by atoms with Crippen molar-refractivity contribution < 1.29 is 4.74 Å². The van der Waals surface area contributed by atoms with Gasteiger partial charge >= 0.3 is 0 Å². The smallest absolute Gasteiger partial charge is 0.0623 e. The van der Waals surface area contributed by atoms with Crippen molar-refractivity contribution in [2.24, 2.45) is 11.3 Å². The number of rotatable bonds is 4. The molecule has 0 amide bonds. The Labute approximate surface area is 106 Å². The van der Waals surface area contributed by atoms with E-state index in [0.29, 0.717) is 17.4 Å². The zero-order valence-corrected chi connectivity index (χ0v) is 11.7. The van der Waals surface area contributed by atoms with Gasteiger partial charge in [-0.1, -0.05) is 20.8 Å². The second-order valence-corrected chi connectivity index (χ2v) is 6.43. The topological polar surface area (TPSA) is 24.5 Å². The second-order valence-electron chi connectivity index (χ2n) is 6.43. The molecule has 0 aromatic carbocycles. The van der Waals surface area contributed by atoms with Crippen molar-refractivity contribution in [2.45, 2.75) is 39.7 Å². The summed E-state index contributed by atoms with van der Waals surface area (Å²) in [5.41, 5.74) is 0.559. The molecule has 2 atom stereocenters. The molecule has 0 radical (unpaired) electrons. The molecular weight excluding hydrogens is 212 g/mol. The quantitative estimate of drug-likeness (QED) is 0.810. The Morgan fingerprint density at radius 1 is 1.24 bits per heavy atom. The molecule has 0 saturated carbocycles. The van der Waals surface area contributed by atoms with Crippen molar-refractivity contribution in [2.75, 3.05) is 39.4 Å². The van der Waals surface area contributed by atoms with Crippen LogP contribution in [-0.4, -0.2) is 50.3 Å². The highest BCUT2D eigenvalue weighted by Gasteiger charge is 2.31. The van der Waals surface area contributed by atoms with Crippen LogP contribution in [0, 0.1) is 11.3 Å². The summed E-state index contributed by atoms with van der Waals surface area (Å²) in [5.74, 6) is 0.691. The van der Waals surface area contributed by atoms with E-state index in [1.54, 1.807) is 0 Å². The third-order valence-corrected chi connectivity index (χ3v) is 4.37. The molecule has 100 valence electrons. The minimum absolute atomic E-state index is 0.559. The number of hydrogen-bond acceptors (Lipinski definition) is 3. The van der Waals surface area contributed by atoms with E-state index >= 15 is 0 Å². The molecule has 2 saturated heterocycles. The second kappa shape index (κ2) is 5.68. The van der Waals surface area contributed by atoms with Crippen LogP contribution in [0.2, 0.25) is 0 Å². The van der Waals surface area contributed by atoms with Crippen molar-refractivity contribution in [3.8, 4) is 0 Å². The maximum absolute atomic E-state index is 5.62. The first-order chi connectivity index (χ1) is 8.11. The van der Waals surface area contributed by atoms with Crippen molar-refractivity contribution in [3.05, 3.63) is 0 Å². The van der Waals surface area contributed by atoms with E-state index in [-0.39, 0.29) is 0 Å². The SMILES string of the molecule is CCNC1COCC1CN1CCC(C)(C)CC1. The van der Waals surface area contributed by atoms with Gasteiger partial charge in [-0.3, -0.25) is 0 Å². The van der Waals surface area contributed by atoms with E-state index < -0.39 is 0 Å². The van der Waals surface area contributed by atoms with Crippen LogP contribution in [0.5, 0.6) is 0 Å². The van der Waals surface area contributed by atoms with Crippen LogP contribution in [0.15, 0.2) is 0 Å². The number of nitrogens with zero attached hydrogens (tertiary/aromatic N) is 1. The molecule has 2 rings (SSSR count). The summed E-state index contributed by atoms with van der Waals surface area (Å²) < 4.78 is 5.62. The predicted octanol–water partition coefficient (Wildman–Crippen LogP) is 1.73. The zero-order valence-electron chi connectivity index (χ0n) is 11.7. The first-order valence-electron chi connectivity index (χ1n) is 7.14. The van der Waals surface area contributed by atoms with Crippen molar-refractivity contribution >= 4 is 0 Å². The number of nitrogens with one attached hydrogen (secondary N) is 1. The monoisotopic (exact) mass is 240 g/mol. The molecule has 17 heavy (non-hydrogen) atoms. The highest BCUT2D eigenvalue weighted by Crippen LogP contribution is 2.30. The minimum Gasteiger partial charge on any atom is -0.379 e. The van der Waals surface area contributed by atoms with E-state index in [1.165, 1.54) is 32.5 Å². The fourth-order valence-electron chi connectivity index (χ4n) is 2.94. The van der Waals surface area contributed by atoms with Gasteiger partial charge in [0.2, 0.25) is 0 Å². The van der Waals surface area contributed by atoms with E-state index in [9.17, 15) is 0 Å². The Bertz CT molecular complexity index is 232. The van der Waals surface area contributed by atoms with Gasteiger partial charge in [-0.05, 0) is 37.9 Å². The number of ether oxygens (including phenoxy) is 1.